The predicted molar refractivity (Wildman–Crippen MR) is 39.7 cm³/mol. The number of phenolic OH excluding ortho intramolecular Hbond substituents is 2. The van der Waals surface area contributed by atoms with Crippen LogP contribution in [-0.2, 0) is 4.79 Å². The molecule has 0 unspecified atom stereocenters. The molecule has 0 saturated heterocycles. The zero-order valence-electron chi connectivity index (χ0n) is 6.47. The maximum atomic E-state index is 10.2. The smallest absolute Gasteiger partial charge is 0.157 e. The largest absolute Gasteiger partial charge is 0.547 e. The van der Waals surface area contributed by atoms with Gasteiger partial charge in [-0.15, -0.1) is 0 Å². The van der Waals surface area contributed by atoms with Gasteiger partial charge in [0.15, 0.2) is 11.5 Å². The molecule has 0 aliphatic heterocycles. The van der Waals surface area contributed by atoms with Crippen LogP contribution >= 0.6 is 0 Å². The molecule has 0 aliphatic rings. The number of phenols is 2. The molecule has 13 heavy (non-hydrogen) atoms. The Labute approximate surface area is 73.5 Å². The Morgan fingerprint density at radius 2 is 1.92 bits per heavy atom. The van der Waals surface area contributed by atoms with Crippen molar-refractivity contribution in [2.45, 2.75) is 6.10 Å². The Hall–Kier alpha value is -1.75. The fraction of sp³-hybridized carbons (Fsp3) is 0.125. The van der Waals surface area contributed by atoms with Gasteiger partial charge in [-0.05, 0) is 17.7 Å². The number of carboxylic acid groups (broad SMARTS) is 1. The monoisotopic (exact) mass is 183 g/mol. The molecule has 0 spiro atoms. The summed E-state index contributed by atoms with van der Waals surface area (Å²) in [6, 6.07) is 3.21. The van der Waals surface area contributed by atoms with Crippen LogP contribution in [0, 0.1) is 0 Å². The molecule has 0 radical (unpaired) electrons. The minimum atomic E-state index is -1.80. The molecule has 0 fully saturated rings. The summed E-state index contributed by atoms with van der Waals surface area (Å²) in [5.74, 6) is -2.53. The first kappa shape index (κ1) is 9.34. The quantitative estimate of drug-likeness (QED) is 0.504. The summed E-state index contributed by atoms with van der Waals surface area (Å²) in [5, 5.41) is 37.0. The van der Waals surface area contributed by atoms with Crippen LogP contribution in [0.15, 0.2) is 18.2 Å². The third kappa shape index (κ3) is 1.88. The molecule has 0 aromatic heterocycles. The van der Waals surface area contributed by atoms with E-state index in [4.69, 9.17) is 15.3 Å². The van der Waals surface area contributed by atoms with Crippen molar-refractivity contribution >= 4 is 5.97 Å². The maximum Gasteiger partial charge on any atom is 0.157 e. The summed E-state index contributed by atoms with van der Waals surface area (Å²) in [6.07, 6.45) is -1.80. The van der Waals surface area contributed by atoms with Crippen molar-refractivity contribution in [1.29, 1.82) is 0 Å². The maximum absolute atomic E-state index is 10.2. The minimum Gasteiger partial charge on any atom is -0.547 e. The van der Waals surface area contributed by atoms with Crippen molar-refractivity contribution in [3.8, 4) is 11.5 Å². The van der Waals surface area contributed by atoms with Crippen molar-refractivity contribution < 1.29 is 25.2 Å². The number of rotatable bonds is 2. The molecule has 70 valence electrons. The van der Waals surface area contributed by atoms with E-state index in [0.717, 1.165) is 12.1 Å². The van der Waals surface area contributed by atoms with Gasteiger partial charge in [-0.25, -0.2) is 0 Å². The number of hydrogen-bond acceptors (Lipinski definition) is 5. The number of carboxylic acids is 1. The van der Waals surface area contributed by atoms with Crippen LogP contribution in [0.4, 0.5) is 0 Å². The molecule has 1 aromatic carbocycles. The molecular weight excluding hydrogens is 176 g/mol. The van der Waals surface area contributed by atoms with E-state index in [9.17, 15) is 9.90 Å². The van der Waals surface area contributed by atoms with Crippen molar-refractivity contribution in [2.75, 3.05) is 0 Å². The molecule has 3 N–H and O–H groups in total. The highest BCUT2D eigenvalue weighted by molar-refractivity contribution is 5.72. The van der Waals surface area contributed by atoms with E-state index in [-0.39, 0.29) is 11.3 Å². The lowest BCUT2D eigenvalue weighted by molar-refractivity contribution is -0.315. The number of aromatic hydroxyl groups is 2. The van der Waals surface area contributed by atoms with Crippen molar-refractivity contribution in [2.24, 2.45) is 0 Å². The fourth-order valence-corrected chi connectivity index (χ4v) is 0.847. The summed E-state index contributed by atoms with van der Waals surface area (Å²) in [7, 11) is 0. The summed E-state index contributed by atoms with van der Waals surface area (Å²) in [4.78, 5) is 10.2. The Kier molecular flexibility index (Phi) is 2.39. The number of aliphatic hydroxyl groups is 1. The second kappa shape index (κ2) is 3.32. The fourth-order valence-electron chi connectivity index (χ4n) is 0.847. The topological polar surface area (TPSA) is 101 Å². The standard InChI is InChI=1S/C8H8O5/c9-5-2-1-4(3-6(5)10)7(11)8(12)13/h1-3,7,9-11H,(H,12,13)/p-1/t7-/m0/s1. The summed E-state index contributed by atoms with van der Waals surface area (Å²) in [5.41, 5.74) is -0.0460. The first-order valence-corrected chi connectivity index (χ1v) is 3.43. The van der Waals surface area contributed by atoms with Crippen LogP contribution in [0.25, 0.3) is 0 Å². The normalized spacial score (nSPS) is 12.4. The number of carbonyl (C=O) groups excluding carboxylic acids is 1. The highest BCUT2D eigenvalue weighted by Gasteiger charge is 2.10. The number of aliphatic hydroxyl groups excluding tert-OH is 1. The lowest BCUT2D eigenvalue weighted by Gasteiger charge is -2.11. The molecule has 5 nitrogen and oxygen atoms in total. The van der Waals surface area contributed by atoms with Gasteiger partial charge >= 0.3 is 0 Å². The van der Waals surface area contributed by atoms with E-state index in [1.807, 2.05) is 0 Å². The highest BCUT2D eigenvalue weighted by atomic mass is 16.4. The van der Waals surface area contributed by atoms with E-state index in [1.165, 1.54) is 6.07 Å². The van der Waals surface area contributed by atoms with E-state index in [0.29, 0.717) is 0 Å². The predicted octanol–water partition coefficient (Wildman–Crippen LogP) is -1.12. The average molecular weight is 183 g/mol. The minimum absolute atomic E-state index is 0.0460. The van der Waals surface area contributed by atoms with Gasteiger partial charge in [0, 0.05) is 0 Å². The molecule has 0 bridgehead atoms. The van der Waals surface area contributed by atoms with Gasteiger partial charge in [0.2, 0.25) is 0 Å². The van der Waals surface area contributed by atoms with Gasteiger partial charge in [0.05, 0.1) is 5.97 Å². The molecule has 1 rings (SSSR count). The second-order valence-corrected chi connectivity index (χ2v) is 2.47. The summed E-state index contributed by atoms with van der Waals surface area (Å²) >= 11 is 0. The van der Waals surface area contributed by atoms with Gasteiger partial charge in [-0.2, -0.15) is 0 Å². The first-order chi connectivity index (χ1) is 6.02. The van der Waals surface area contributed by atoms with Crippen molar-refractivity contribution in [1.82, 2.24) is 0 Å². The van der Waals surface area contributed by atoms with Gasteiger partial charge in [-0.3, -0.25) is 0 Å². The Morgan fingerprint density at radius 3 is 2.38 bits per heavy atom. The second-order valence-electron chi connectivity index (χ2n) is 2.47. The zero-order valence-corrected chi connectivity index (χ0v) is 6.47. The van der Waals surface area contributed by atoms with Crippen LogP contribution < -0.4 is 5.11 Å². The van der Waals surface area contributed by atoms with Gasteiger partial charge in [0.25, 0.3) is 0 Å². The van der Waals surface area contributed by atoms with Crippen LogP contribution in [0.5, 0.6) is 11.5 Å². The third-order valence-electron chi connectivity index (χ3n) is 1.54. The molecule has 0 aliphatic carbocycles. The van der Waals surface area contributed by atoms with Crippen LogP contribution in [0.2, 0.25) is 0 Å². The number of hydrogen-bond donors (Lipinski definition) is 3. The molecule has 5 heteroatoms. The Bertz CT molecular complexity index is 333. The van der Waals surface area contributed by atoms with E-state index in [1.54, 1.807) is 0 Å². The van der Waals surface area contributed by atoms with E-state index >= 15 is 0 Å². The molecule has 1 aromatic rings. The Morgan fingerprint density at radius 1 is 1.31 bits per heavy atom. The van der Waals surface area contributed by atoms with Crippen LogP contribution in [-0.4, -0.2) is 21.3 Å². The molecule has 0 heterocycles. The van der Waals surface area contributed by atoms with Gasteiger partial charge < -0.3 is 25.2 Å². The van der Waals surface area contributed by atoms with Crippen molar-refractivity contribution in [3.05, 3.63) is 23.8 Å². The SMILES string of the molecule is O=C([O-])[C@@H](O)c1ccc(O)c(O)c1. The number of carbonyl (C=O) groups is 1. The van der Waals surface area contributed by atoms with E-state index in [2.05, 4.69) is 0 Å². The first-order valence-electron chi connectivity index (χ1n) is 3.43. The van der Waals surface area contributed by atoms with E-state index < -0.39 is 17.8 Å². The van der Waals surface area contributed by atoms with Crippen LogP contribution in [0.1, 0.15) is 11.7 Å². The zero-order chi connectivity index (χ0) is 10.0. The molecular formula is C8H7O5-. The third-order valence-corrected chi connectivity index (χ3v) is 1.54. The van der Waals surface area contributed by atoms with Crippen LogP contribution in [0.3, 0.4) is 0 Å². The highest BCUT2D eigenvalue weighted by Crippen LogP contribution is 2.27. The number of aliphatic carboxylic acids is 1. The lowest BCUT2D eigenvalue weighted by atomic mass is 10.1. The number of benzene rings is 1. The lowest BCUT2D eigenvalue weighted by Crippen LogP contribution is -2.29. The van der Waals surface area contributed by atoms with Crippen molar-refractivity contribution in [3.63, 3.8) is 0 Å². The van der Waals surface area contributed by atoms with Gasteiger partial charge in [0.1, 0.15) is 6.10 Å². The average Bonchev–Trinajstić information content (AvgIpc) is 2.08. The molecule has 0 saturated carbocycles. The molecule has 0 amide bonds. The Balaban J connectivity index is 3.03. The van der Waals surface area contributed by atoms with Gasteiger partial charge in [-0.1, -0.05) is 6.07 Å². The summed E-state index contributed by atoms with van der Waals surface area (Å²) in [6.45, 7) is 0. The summed E-state index contributed by atoms with van der Waals surface area (Å²) < 4.78 is 0. The molecule has 1 atom stereocenters.